The number of morpholine rings is 1. The number of rotatable bonds is 3. The first-order chi connectivity index (χ1) is 9.79. The van der Waals surface area contributed by atoms with Gasteiger partial charge in [-0.2, -0.15) is 4.52 Å². The minimum absolute atomic E-state index is 0.0881. The van der Waals surface area contributed by atoms with E-state index in [9.17, 15) is 4.79 Å². The average Bonchev–Trinajstić information content (AvgIpc) is 2.95. The first kappa shape index (κ1) is 12.9. The normalized spacial score (nSPS) is 19.4. The van der Waals surface area contributed by atoms with Crippen LogP contribution in [0.4, 0.5) is 0 Å². The van der Waals surface area contributed by atoms with Crippen molar-refractivity contribution in [2.75, 3.05) is 33.4 Å². The van der Waals surface area contributed by atoms with Crippen LogP contribution >= 0.6 is 0 Å². The number of methoxy groups -OCH3 is 1. The maximum absolute atomic E-state index is 12.6. The second-order valence-corrected chi connectivity index (χ2v) is 4.57. The largest absolute Gasteiger partial charge is 0.382 e. The van der Waals surface area contributed by atoms with E-state index in [1.54, 1.807) is 30.3 Å². The third-order valence-electron chi connectivity index (χ3n) is 3.23. The fourth-order valence-corrected chi connectivity index (χ4v) is 2.29. The van der Waals surface area contributed by atoms with Gasteiger partial charge in [-0.3, -0.25) is 4.79 Å². The van der Waals surface area contributed by atoms with E-state index in [4.69, 9.17) is 9.47 Å². The molecule has 0 radical (unpaired) electrons. The Balaban J connectivity index is 1.83. The first-order valence-corrected chi connectivity index (χ1v) is 6.36. The maximum atomic E-state index is 12.6. The molecule has 0 aliphatic carbocycles. The summed E-state index contributed by atoms with van der Waals surface area (Å²) < 4.78 is 12.1. The van der Waals surface area contributed by atoms with Gasteiger partial charge in [-0.15, -0.1) is 5.10 Å². The highest BCUT2D eigenvalue weighted by Crippen LogP contribution is 2.13. The van der Waals surface area contributed by atoms with Crippen LogP contribution in [0.1, 0.15) is 10.4 Å². The molecule has 0 aromatic carbocycles. The number of pyridine rings is 1. The summed E-state index contributed by atoms with van der Waals surface area (Å²) in [4.78, 5) is 14.3. The summed E-state index contributed by atoms with van der Waals surface area (Å²) in [5.41, 5.74) is 0.961. The van der Waals surface area contributed by atoms with Gasteiger partial charge in [-0.05, 0) is 22.6 Å². The highest BCUT2D eigenvalue weighted by molar-refractivity contribution is 5.99. The van der Waals surface area contributed by atoms with Crippen LogP contribution in [-0.2, 0) is 9.47 Å². The second kappa shape index (κ2) is 5.51. The third-order valence-corrected chi connectivity index (χ3v) is 3.23. The maximum Gasteiger partial charge on any atom is 0.257 e. The average molecular weight is 277 g/mol. The molecular formula is C12H15N5O3. The van der Waals surface area contributed by atoms with Crippen molar-refractivity contribution in [3.63, 3.8) is 0 Å². The van der Waals surface area contributed by atoms with Gasteiger partial charge in [0.15, 0.2) is 5.65 Å². The Labute approximate surface area is 115 Å². The van der Waals surface area contributed by atoms with Gasteiger partial charge in [-0.1, -0.05) is 0 Å². The Morgan fingerprint density at radius 2 is 2.50 bits per heavy atom. The zero-order valence-corrected chi connectivity index (χ0v) is 11.1. The predicted octanol–water partition coefficient (Wildman–Crippen LogP) is -0.388. The molecule has 1 saturated heterocycles. The molecule has 0 bridgehead atoms. The molecule has 1 atom stereocenters. The zero-order valence-electron chi connectivity index (χ0n) is 11.1. The van der Waals surface area contributed by atoms with Gasteiger partial charge in [0.1, 0.15) is 0 Å². The molecule has 2 aromatic rings. The number of nitrogens with zero attached hydrogens (tertiary/aromatic N) is 5. The molecule has 1 amide bonds. The Kier molecular flexibility index (Phi) is 3.57. The number of fused-ring (bicyclic) bond motifs is 1. The molecule has 0 N–H and O–H groups in total. The summed E-state index contributed by atoms with van der Waals surface area (Å²) in [5, 5.41) is 11.3. The first-order valence-electron chi connectivity index (χ1n) is 6.36. The van der Waals surface area contributed by atoms with Crippen molar-refractivity contribution < 1.29 is 14.3 Å². The van der Waals surface area contributed by atoms with E-state index < -0.39 is 0 Å². The van der Waals surface area contributed by atoms with Crippen LogP contribution in [-0.4, -0.2) is 70.4 Å². The second-order valence-electron chi connectivity index (χ2n) is 4.57. The molecule has 8 nitrogen and oxygen atoms in total. The van der Waals surface area contributed by atoms with Crippen molar-refractivity contribution in [3.05, 3.63) is 23.9 Å². The highest BCUT2D eigenvalue weighted by atomic mass is 16.5. The number of hydrogen-bond donors (Lipinski definition) is 0. The lowest BCUT2D eigenvalue weighted by Crippen LogP contribution is -2.47. The van der Waals surface area contributed by atoms with Gasteiger partial charge < -0.3 is 14.4 Å². The molecule has 1 aliphatic rings. The number of hydrogen-bond acceptors (Lipinski definition) is 6. The van der Waals surface area contributed by atoms with E-state index in [1.807, 2.05) is 0 Å². The van der Waals surface area contributed by atoms with Gasteiger partial charge in [0.25, 0.3) is 5.91 Å². The van der Waals surface area contributed by atoms with Crippen molar-refractivity contribution in [1.29, 1.82) is 0 Å². The fourth-order valence-electron chi connectivity index (χ4n) is 2.29. The molecule has 3 rings (SSSR count). The summed E-state index contributed by atoms with van der Waals surface area (Å²) in [6, 6.07) is 3.48. The Morgan fingerprint density at radius 1 is 1.60 bits per heavy atom. The number of aromatic nitrogens is 4. The number of carbonyl (C=O) groups is 1. The molecular weight excluding hydrogens is 262 g/mol. The summed E-state index contributed by atoms with van der Waals surface area (Å²) in [7, 11) is 1.62. The molecule has 0 spiro atoms. The number of carbonyl (C=O) groups excluding carboxylic acids is 1. The van der Waals surface area contributed by atoms with Crippen LogP contribution in [0, 0.1) is 0 Å². The molecule has 3 heterocycles. The lowest BCUT2D eigenvalue weighted by Gasteiger charge is -2.32. The number of amides is 1. The Hall–Kier alpha value is -2.06. The van der Waals surface area contributed by atoms with Crippen molar-refractivity contribution >= 4 is 11.6 Å². The van der Waals surface area contributed by atoms with Gasteiger partial charge in [0, 0.05) is 26.4 Å². The Morgan fingerprint density at radius 3 is 3.35 bits per heavy atom. The standard InChI is InChI=1S/C12H15N5O3/c1-19-8-9-7-16(5-6-20-9)12(18)10-3-2-4-17-11(10)13-14-15-17/h2-4,9H,5-8H2,1H3. The Bertz CT molecular complexity index is 612. The van der Waals surface area contributed by atoms with Crippen molar-refractivity contribution in [1.82, 2.24) is 24.9 Å². The lowest BCUT2D eigenvalue weighted by molar-refractivity contribution is -0.0530. The minimum atomic E-state index is -0.0894. The van der Waals surface area contributed by atoms with Crippen LogP contribution in [0.5, 0.6) is 0 Å². The van der Waals surface area contributed by atoms with Gasteiger partial charge in [0.05, 0.1) is 24.9 Å². The summed E-state index contributed by atoms with van der Waals surface area (Å²) >= 11 is 0. The van der Waals surface area contributed by atoms with Crippen LogP contribution in [0.25, 0.3) is 5.65 Å². The van der Waals surface area contributed by atoms with Crippen LogP contribution < -0.4 is 0 Å². The van der Waals surface area contributed by atoms with E-state index in [1.165, 1.54) is 4.52 Å². The van der Waals surface area contributed by atoms with Crippen molar-refractivity contribution in [2.45, 2.75) is 6.10 Å². The molecule has 0 saturated carbocycles. The summed E-state index contributed by atoms with van der Waals surface area (Å²) in [5.74, 6) is -0.0881. The smallest absolute Gasteiger partial charge is 0.257 e. The molecule has 20 heavy (non-hydrogen) atoms. The van der Waals surface area contributed by atoms with Crippen LogP contribution in [0.2, 0.25) is 0 Å². The zero-order chi connectivity index (χ0) is 13.9. The highest BCUT2D eigenvalue weighted by Gasteiger charge is 2.26. The van der Waals surface area contributed by atoms with Crippen molar-refractivity contribution in [3.8, 4) is 0 Å². The van der Waals surface area contributed by atoms with E-state index in [2.05, 4.69) is 15.5 Å². The minimum Gasteiger partial charge on any atom is -0.382 e. The number of tetrazole rings is 1. The van der Waals surface area contributed by atoms with E-state index in [0.29, 0.717) is 37.5 Å². The van der Waals surface area contributed by atoms with Crippen LogP contribution in [0.15, 0.2) is 18.3 Å². The molecule has 8 heteroatoms. The predicted molar refractivity (Wildman–Crippen MR) is 68.3 cm³/mol. The van der Waals surface area contributed by atoms with E-state index in [-0.39, 0.29) is 12.0 Å². The van der Waals surface area contributed by atoms with E-state index >= 15 is 0 Å². The molecule has 1 fully saturated rings. The summed E-state index contributed by atoms with van der Waals surface area (Å²) in [6.45, 7) is 2.05. The van der Waals surface area contributed by atoms with Gasteiger partial charge >= 0.3 is 0 Å². The van der Waals surface area contributed by atoms with E-state index in [0.717, 1.165) is 0 Å². The molecule has 106 valence electrons. The number of ether oxygens (including phenoxy) is 2. The monoisotopic (exact) mass is 277 g/mol. The SMILES string of the molecule is COCC1CN(C(=O)c2cccn3nnnc23)CCO1. The fraction of sp³-hybridized carbons (Fsp3) is 0.500. The van der Waals surface area contributed by atoms with Gasteiger partial charge in [-0.25, -0.2) is 0 Å². The van der Waals surface area contributed by atoms with Crippen molar-refractivity contribution in [2.24, 2.45) is 0 Å². The molecule has 1 unspecified atom stereocenters. The lowest BCUT2D eigenvalue weighted by atomic mass is 10.2. The summed E-state index contributed by atoms with van der Waals surface area (Å²) in [6.07, 6.45) is 1.62. The van der Waals surface area contributed by atoms with Crippen LogP contribution in [0.3, 0.4) is 0 Å². The molecule has 1 aliphatic heterocycles. The third kappa shape index (κ3) is 2.35. The van der Waals surface area contributed by atoms with Gasteiger partial charge in [0.2, 0.25) is 0 Å². The molecule has 2 aromatic heterocycles. The quantitative estimate of drug-likeness (QED) is 0.760. The topological polar surface area (TPSA) is 81.9 Å².